The van der Waals surface area contributed by atoms with Gasteiger partial charge < -0.3 is 5.32 Å². The van der Waals surface area contributed by atoms with Crippen LogP contribution in [0.1, 0.15) is 29.6 Å². The van der Waals surface area contributed by atoms with Crippen LogP contribution in [0.2, 0.25) is 0 Å². The molecule has 11 heteroatoms. The van der Waals surface area contributed by atoms with Gasteiger partial charge in [0.2, 0.25) is 10.0 Å². The lowest BCUT2D eigenvalue weighted by molar-refractivity contribution is -0.384. The third-order valence-electron chi connectivity index (χ3n) is 6.06. The first kappa shape index (κ1) is 24.0. The van der Waals surface area contributed by atoms with Gasteiger partial charge in [0, 0.05) is 36.3 Å². The van der Waals surface area contributed by atoms with Crippen molar-refractivity contribution in [3.63, 3.8) is 0 Å². The molecule has 0 bridgehead atoms. The first-order chi connectivity index (χ1) is 17.3. The smallest absolute Gasteiger partial charge is 0.271 e. The Bertz CT molecular complexity index is 1530. The van der Waals surface area contributed by atoms with Gasteiger partial charge >= 0.3 is 0 Å². The van der Waals surface area contributed by atoms with Crippen LogP contribution in [-0.4, -0.2) is 41.6 Å². The summed E-state index contributed by atoms with van der Waals surface area (Å²) in [5.41, 5.74) is 1.66. The number of fused-ring (bicyclic) bond motifs is 1. The van der Waals surface area contributed by atoms with Crippen molar-refractivity contribution in [1.82, 2.24) is 9.29 Å². The van der Waals surface area contributed by atoms with Gasteiger partial charge in [-0.1, -0.05) is 18.6 Å². The lowest BCUT2D eigenvalue weighted by Crippen LogP contribution is -2.35. The summed E-state index contributed by atoms with van der Waals surface area (Å²) in [4.78, 5) is 28.6. The molecule has 1 saturated heterocycles. The highest BCUT2D eigenvalue weighted by Crippen LogP contribution is 2.36. The molecule has 2 heterocycles. The highest BCUT2D eigenvalue weighted by molar-refractivity contribution is 7.89. The number of sulfonamides is 1. The molecule has 0 radical (unpaired) electrons. The molecule has 1 aliphatic rings. The van der Waals surface area contributed by atoms with Gasteiger partial charge in [-0.3, -0.25) is 14.9 Å². The van der Waals surface area contributed by atoms with E-state index in [2.05, 4.69) is 10.3 Å². The number of hydrogen-bond acceptors (Lipinski definition) is 7. The standard InChI is InChI=1S/C25H22N4O5S2/c30-24(17-8-11-19(12-9-17)36(33,34)28-14-4-1-5-15-28)26-22-16-18(29(31)32)10-13-20(22)25-27-21-6-2-3-7-23(21)35-25/h2-3,6-13,16H,1,4-5,14-15H2,(H,26,30). The van der Waals surface area contributed by atoms with E-state index in [9.17, 15) is 23.3 Å². The number of nitrogens with zero attached hydrogens (tertiary/aromatic N) is 3. The topological polar surface area (TPSA) is 123 Å². The minimum atomic E-state index is -3.61. The number of hydrogen-bond donors (Lipinski definition) is 1. The van der Waals surface area contributed by atoms with Crippen LogP contribution >= 0.6 is 11.3 Å². The maximum Gasteiger partial charge on any atom is 0.271 e. The zero-order valence-electron chi connectivity index (χ0n) is 19.1. The van der Waals surface area contributed by atoms with Crippen LogP contribution in [0.4, 0.5) is 11.4 Å². The predicted octanol–water partition coefficient (Wildman–Crippen LogP) is 5.30. The minimum absolute atomic E-state index is 0.131. The molecule has 0 unspecified atom stereocenters. The molecule has 0 atom stereocenters. The molecule has 4 aromatic rings. The fourth-order valence-electron chi connectivity index (χ4n) is 4.15. The van der Waals surface area contributed by atoms with Crippen molar-refractivity contribution in [2.45, 2.75) is 24.2 Å². The van der Waals surface area contributed by atoms with Gasteiger partial charge in [-0.05, 0) is 55.3 Å². The highest BCUT2D eigenvalue weighted by Gasteiger charge is 2.26. The van der Waals surface area contributed by atoms with Gasteiger partial charge in [-0.25, -0.2) is 13.4 Å². The second-order valence-electron chi connectivity index (χ2n) is 8.42. The molecule has 184 valence electrons. The van der Waals surface area contributed by atoms with Crippen molar-refractivity contribution < 1.29 is 18.1 Å². The quantitative estimate of drug-likeness (QED) is 0.271. The third-order valence-corrected chi connectivity index (χ3v) is 9.04. The molecule has 1 amide bonds. The molecule has 36 heavy (non-hydrogen) atoms. The highest BCUT2D eigenvalue weighted by atomic mass is 32.2. The number of amides is 1. The Kier molecular flexibility index (Phi) is 6.52. The number of nitro benzene ring substituents is 1. The summed E-state index contributed by atoms with van der Waals surface area (Å²) < 4.78 is 28.2. The summed E-state index contributed by atoms with van der Waals surface area (Å²) in [6.07, 6.45) is 2.68. The predicted molar refractivity (Wildman–Crippen MR) is 139 cm³/mol. The van der Waals surface area contributed by atoms with Crippen LogP contribution in [0.25, 0.3) is 20.8 Å². The molecule has 3 aromatic carbocycles. The molecule has 1 N–H and O–H groups in total. The number of non-ortho nitro benzene ring substituents is 1. The van der Waals surface area contributed by atoms with E-state index >= 15 is 0 Å². The normalized spacial score (nSPS) is 14.6. The molecule has 9 nitrogen and oxygen atoms in total. The summed E-state index contributed by atoms with van der Waals surface area (Å²) in [5, 5.41) is 14.7. The summed E-state index contributed by atoms with van der Waals surface area (Å²) in [5.74, 6) is -0.514. The summed E-state index contributed by atoms with van der Waals surface area (Å²) in [6, 6.07) is 17.5. The molecule has 5 rings (SSSR count). The molecule has 0 spiro atoms. The van der Waals surface area contributed by atoms with Crippen LogP contribution in [0.3, 0.4) is 0 Å². The maximum absolute atomic E-state index is 13.1. The SMILES string of the molecule is O=C(Nc1cc([N+](=O)[O-])ccc1-c1nc2ccccc2s1)c1ccc(S(=O)(=O)N2CCCCC2)cc1. The summed E-state index contributed by atoms with van der Waals surface area (Å²) in [7, 11) is -3.61. The second kappa shape index (κ2) is 9.76. The van der Waals surface area contributed by atoms with Gasteiger partial charge in [0.1, 0.15) is 5.01 Å². The average molecular weight is 523 g/mol. The third kappa shape index (κ3) is 4.72. The minimum Gasteiger partial charge on any atom is -0.321 e. The molecular weight excluding hydrogens is 500 g/mol. The number of thiazole rings is 1. The van der Waals surface area contributed by atoms with Crippen molar-refractivity contribution in [1.29, 1.82) is 0 Å². The zero-order chi connectivity index (χ0) is 25.3. The Morgan fingerprint density at radius 3 is 2.42 bits per heavy atom. The van der Waals surface area contributed by atoms with Crippen LogP contribution in [0, 0.1) is 10.1 Å². The molecular formula is C25H22N4O5S2. The van der Waals surface area contributed by atoms with Crippen LogP contribution in [0.5, 0.6) is 0 Å². The summed E-state index contributed by atoms with van der Waals surface area (Å²) >= 11 is 1.42. The number of piperidine rings is 1. The molecule has 0 aliphatic carbocycles. The fraction of sp³-hybridized carbons (Fsp3) is 0.200. The molecule has 0 saturated carbocycles. The zero-order valence-corrected chi connectivity index (χ0v) is 20.7. The monoisotopic (exact) mass is 522 g/mol. The number of carbonyl (C=O) groups is 1. The van der Waals surface area contributed by atoms with Crippen molar-refractivity contribution in [2.24, 2.45) is 0 Å². The number of rotatable bonds is 6. The van der Waals surface area contributed by atoms with Gasteiger partial charge in [-0.15, -0.1) is 11.3 Å². The van der Waals surface area contributed by atoms with E-state index < -0.39 is 20.9 Å². The number of anilines is 1. The maximum atomic E-state index is 13.1. The van der Waals surface area contributed by atoms with Gasteiger partial charge in [0.05, 0.1) is 25.7 Å². The van der Waals surface area contributed by atoms with Crippen LogP contribution in [0.15, 0.2) is 71.6 Å². The number of aromatic nitrogens is 1. The lowest BCUT2D eigenvalue weighted by atomic mass is 10.1. The van der Waals surface area contributed by atoms with Crippen molar-refractivity contribution >= 4 is 48.9 Å². The average Bonchev–Trinajstić information content (AvgIpc) is 3.33. The number of nitrogens with one attached hydrogen (secondary N) is 1. The second-order valence-corrected chi connectivity index (χ2v) is 11.4. The van der Waals surface area contributed by atoms with Crippen LogP contribution in [-0.2, 0) is 10.0 Å². The van der Waals surface area contributed by atoms with Crippen molar-refractivity contribution in [3.05, 3.63) is 82.4 Å². The van der Waals surface area contributed by atoms with E-state index in [1.807, 2.05) is 24.3 Å². The van der Waals surface area contributed by atoms with E-state index in [0.717, 1.165) is 29.5 Å². The number of benzene rings is 3. The van der Waals surface area contributed by atoms with E-state index in [1.165, 1.54) is 52.0 Å². The van der Waals surface area contributed by atoms with Crippen molar-refractivity contribution in [3.8, 4) is 10.6 Å². The van der Waals surface area contributed by atoms with Gasteiger partial charge in [-0.2, -0.15) is 4.31 Å². The number of nitro groups is 1. The van der Waals surface area contributed by atoms with E-state index in [1.54, 1.807) is 6.07 Å². The Morgan fingerprint density at radius 2 is 1.72 bits per heavy atom. The Morgan fingerprint density at radius 1 is 1.00 bits per heavy atom. The van der Waals surface area contributed by atoms with E-state index in [0.29, 0.717) is 23.7 Å². The summed E-state index contributed by atoms with van der Waals surface area (Å²) in [6.45, 7) is 0.984. The molecule has 1 aromatic heterocycles. The Hall–Kier alpha value is -3.67. The van der Waals surface area contributed by atoms with Gasteiger partial charge in [0.15, 0.2) is 0 Å². The largest absolute Gasteiger partial charge is 0.321 e. The van der Waals surface area contributed by atoms with E-state index in [4.69, 9.17) is 0 Å². The van der Waals surface area contributed by atoms with E-state index in [-0.39, 0.29) is 21.8 Å². The first-order valence-corrected chi connectivity index (χ1v) is 13.6. The number of para-hydroxylation sites is 1. The van der Waals surface area contributed by atoms with Crippen LogP contribution < -0.4 is 5.32 Å². The molecule has 1 aliphatic heterocycles. The first-order valence-electron chi connectivity index (χ1n) is 11.4. The number of carbonyl (C=O) groups excluding carboxylic acids is 1. The van der Waals surface area contributed by atoms with Gasteiger partial charge in [0.25, 0.3) is 11.6 Å². The molecule has 1 fully saturated rings. The Labute approximate surface area is 211 Å². The van der Waals surface area contributed by atoms with Crippen molar-refractivity contribution in [2.75, 3.05) is 18.4 Å². The Balaban J connectivity index is 1.43. The fourth-order valence-corrected chi connectivity index (χ4v) is 6.67. The lowest BCUT2D eigenvalue weighted by Gasteiger charge is -2.25.